The van der Waals surface area contributed by atoms with E-state index in [9.17, 15) is 4.79 Å². The van der Waals surface area contributed by atoms with Crippen LogP contribution in [-0.4, -0.2) is 11.1 Å². The molecular formula is C11H14O2S. The molecule has 14 heavy (non-hydrogen) atoms. The highest BCUT2D eigenvalue weighted by molar-refractivity contribution is 7.12. The van der Waals surface area contributed by atoms with E-state index in [0.29, 0.717) is 0 Å². The lowest BCUT2D eigenvalue weighted by Gasteiger charge is -1.98. The SMILES string of the molecule is Cc1ccc([C@@H]2[C@@H](C(=O)O)C2(C)C)s1. The van der Waals surface area contributed by atoms with Crippen molar-refractivity contribution >= 4 is 17.3 Å². The fourth-order valence-electron chi connectivity index (χ4n) is 2.25. The van der Waals surface area contributed by atoms with Gasteiger partial charge in [0.15, 0.2) is 0 Å². The van der Waals surface area contributed by atoms with Crippen molar-refractivity contribution in [3.05, 3.63) is 21.9 Å². The second-order valence-electron chi connectivity index (χ2n) is 4.56. The number of aryl methyl sites for hydroxylation is 1. The van der Waals surface area contributed by atoms with Crippen molar-refractivity contribution in [3.8, 4) is 0 Å². The van der Waals surface area contributed by atoms with Crippen LogP contribution in [0.25, 0.3) is 0 Å². The first kappa shape index (κ1) is 9.71. The Morgan fingerprint density at radius 3 is 2.50 bits per heavy atom. The number of thiophene rings is 1. The first-order valence-corrected chi connectivity index (χ1v) is 5.55. The summed E-state index contributed by atoms with van der Waals surface area (Å²) in [5, 5.41) is 9.03. The Morgan fingerprint density at radius 1 is 1.50 bits per heavy atom. The minimum absolute atomic E-state index is 0.0663. The molecule has 0 spiro atoms. The first-order valence-electron chi connectivity index (χ1n) is 4.73. The standard InChI is InChI=1S/C11H14O2S/c1-6-4-5-7(14-6)8-9(10(12)13)11(8,2)3/h4-5,8-9H,1-3H3,(H,12,13)/t8-,9+/m1/s1. The molecule has 1 aliphatic rings. The highest BCUT2D eigenvalue weighted by atomic mass is 32.1. The normalized spacial score (nSPS) is 28.8. The van der Waals surface area contributed by atoms with Gasteiger partial charge in [0.05, 0.1) is 5.92 Å². The molecule has 1 aromatic heterocycles. The molecule has 2 atom stereocenters. The number of aliphatic carboxylic acids is 1. The average Bonchev–Trinajstić information content (AvgIpc) is 2.42. The Kier molecular flexibility index (Phi) is 1.96. The third-order valence-corrected chi connectivity index (χ3v) is 4.24. The van der Waals surface area contributed by atoms with Gasteiger partial charge >= 0.3 is 5.97 Å². The number of carboxylic acid groups (broad SMARTS) is 1. The Hall–Kier alpha value is -0.830. The van der Waals surface area contributed by atoms with Crippen molar-refractivity contribution < 1.29 is 9.90 Å². The molecule has 2 rings (SSSR count). The summed E-state index contributed by atoms with van der Waals surface area (Å²) in [6.07, 6.45) is 0. The second-order valence-corrected chi connectivity index (χ2v) is 5.88. The molecule has 0 aliphatic heterocycles. The molecule has 0 amide bonds. The molecule has 1 aliphatic carbocycles. The summed E-state index contributed by atoms with van der Waals surface area (Å²) < 4.78 is 0. The average molecular weight is 210 g/mol. The zero-order valence-corrected chi connectivity index (χ0v) is 9.39. The molecule has 3 heteroatoms. The Labute approximate surface area is 87.6 Å². The van der Waals surface area contributed by atoms with Crippen LogP contribution in [0.2, 0.25) is 0 Å². The van der Waals surface area contributed by atoms with Crippen LogP contribution in [0.3, 0.4) is 0 Å². The van der Waals surface area contributed by atoms with Crippen LogP contribution in [0.1, 0.15) is 29.5 Å². The largest absolute Gasteiger partial charge is 0.481 e. The summed E-state index contributed by atoms with van der Waals surface area (Å²) in [7, 11) is 0. The molecule has 2 nitrogen and oxygen atoms in total. The molecule has 1 N–H and O–H groups in total. The van der Waals surface area contributed by atoms with Crippen molar-refractivity contribution in [3.63, 3.8) is 0 Å². The van der Waals surface area contributed by atoms with Gasteiger partial charge in [-0.25, -0.2) is 0 Å². The van der Waals surface area contributed by atoms with Crippen molar-refractivity contribution in [2.45, 2.75) is 26.7 Å². The predicted molar refractivity (Wildman–Crippen MR) is 56.7 cm³/mol. The lowest BCUT2D eigenvalue weighted by Crippen LogP contribution is -2.02. The number of carboxylic acids is 1. The Morgan fingerprint density at radius 2 is 2.14 bits per heavy atom. The summed E-state index contributed by atoms with van der Waals surface area (Å²) in [6.45, 7) is 6.12. The van der Waals surface area contributed by atoms with E-state index in [1.807, 2.05) is 13.8 Å². The summed E-state index contributed by atoms with van der Waals surface area (Å²) in [5.41, 5.74) is -0.0663. The maximum atomic E-state index is 11.0. The molecule has 1 saturated carbocycles. The molecular weight excluding hydrogens is 196 g/mol. The smallest absolute Gasteiger partial charge is 0.307 e. The van der Waals surface area contributed by atoms with E-state index in [1.54, 1.807) is 11.3 Å². The third kappa shape index (κ3) is 1.27. The summed E-state index contributed by atoms with van der Waals surface area (Å²) in [4.78, 5) is 13.5. The van der Waals surface area contributed by atoms with Gasteiger partial charge in [0, 0.05) is 15.7 Å². The summed E-state index contributed by atoms with van der Waals surface area (Å²) in [6, 6.07) is 4.13. The van der Waals surface area contributed by atoms with E-state index in [0.717, 1.165) is 0 Å². The number of hydrogen-bond acceptors (Lipinski definition) is 2. The molecule has 0 radical (unpaired) electrons. The van der Waals surface area contributed by atoms with E-state index < -0.39 is 5.97 Å². The molecule has 0 bridgehead atoms. The fourth-order valence-corrected chi connectivity index (χ4v) is 3.46. The van der Waals surface area contributed by atoms with Gasteiger partial charge in [-0.05, 0) is 24.5 Å². The molecule has 1 fully saturated rings. The third-order valence-electron chi connectivity index (χ3n) is 3.16. The quantitative estimate of drug-likeness (QED) is 0.815. The zero-order valence-electron chi connectivity index (χ0n) is 8.57. The molecule has 0 aromatic carbocycles. The van der Waals surface area contributed by atoms with Crippen molar-refractivity contribution in [2.75, 3.05) is 0 Å². The molecule has 1 heterocycles. The molecule has 1 aromatic rings. The van der Waals surface area contributed by atoms with Crippen molar-refractivity contribution in [2.24, 2.45) is 11.3 Å². The van der Waals surface area contributed by atoms with Crippen LogP contribution in [0.5, 0.6) is 0 Å². The number of rotatable bonds is 2. The van der Waals surface area contributed by atoms with Gasteiger partial charge in [0.1, 0.15) is 0 Å². The summed E-state index contributed by atoms with van der Waals surface area (Å²) >= 11 is 1.72. The Balaban J connectivity index is 2.27. The number of hydrogen-bond donors (Lipinski definition) is 1. The van der Waals surface area contributed by atoms with Gasteiger partial charge in [-0.3, -0.25) is 4.79 Å². The minimum Gasteiger partial charge on any atom is -0.481 e. The molecule has 0 saturated heterocycles. The second kappa shape index (κ2) is 2.83. The van der Waals surface area contributed by atoms with Gasteiger partial charge in [-0.2, -0.15) is 0 Å². The lowest BCUT2D eigenvalue weighted by atomic mass is 10.1. The summed E-state index contributed by atoms with van der Waals surface area (Å²) in [5.74, 6) is -0.634. The van der Waals surface area contributed by atoms with Crippen molar-refractivity contribution in [1.82, 2.24) is 0 Å². The van der Waals surface area contributed by atoms with E-state index in [-0.39, 0.29) is 17.3 Å². The lowest BCUT2D eigenvalue weighted by molar-refractivity contribution is -0.139. The van der Waals surface area contributed by atoms with E-state index in [4.69, 9.17) is 5.11 Å². The van der Waals surface area contributed by atoms with E-state index in [1.165, 1.54) is 9.75 Å². The van der Waals surface area contributed by atoms with Crippen LogP contribution < -0.4 is 0 Å². The maximum Gasteiger partial charge on any atom is 0.307 e. The fraction of sp³-hybridized carbons (Fsp3) is 0.545. The number of carbonyl (C=O) groups is 1. The van der Waals surface area contributed by atoms with Gasteiger partial charge in [-0.15, -0.1) is 11.3 Å². The Bertz CT molecular complexity index is 378. The first-order chi connectivity index (χ1) is 6.44. The molecule has 76 valence electrons. The van der Waals surface area contributed by atoms with Gasteiger partial charge in [0.25, 0.3) is 0 Å². The van der Waals surface area contributed by atoms with Crippen LogP contribution in [0, 0.1) is 18.3 Å². The predicted octanol–water partition coefficient (Wildman–Crippen LogP) is 2.88. The van der Waals surface area contributed by atoms with Crippen molar-refractivity contribution in [1.29, 1.82) is 0 Å². The zero-order chi connectivity index (χ0) is 10.5. The van der Waals surface area contributed by atoms with Gasteiger partial charge in [0.2, 0.25) is 0 Å². The van der Waals surface area contributed by atoms with Crippen LogP contribution in [0.4, 0.5) is 0 Å². The van der Waals surface area contributed by atoms with Gasteiger partial charge < -0.3 is 5.11 Å². The van der Waals surface area contributed by atoms with E-state index in [2.05, 4.69) is 19.1 Å². The highest BCUT2D eigenvalue weighted by Gasteiger charge is 2.63. The minimum atomic E-state index is -0.661. The molecule has 0 unspecified atom stereocenters. The van der Waals surface area contributed by atoms with Crippen LogP contribution in [0.15, 0.2) is 12.1 Å². The topological polar surface area (TPSA) is 37.3 Å². The monoisotopic (exact) mass is 210 g/mol. The van der Waals surface area contributed by atoms with Crippen LogP contribution in [-0.2, 0) is 4.79 Å². The maximum absolute atomic E-state index is 11.0. The highest BCUT2D eigenvalue weighted by Crippen LogP contribution is 2.65. The van der Waals surface area contributed by atoms with E-state index >= 15 is 0 Å². The van der Waals surface area contributed by atoms with Crippen LogP contribution >= 0.6 is 11.3 Å². The van der Waals surface area contributed by atoms with Gasteiger partial charge in [-0.1, -0.05) is 13.8 Å².